The molecular formula is C41H66N6O6S. The summed E-state index contributed by atoms with van der Waals surface area (Å²) < 4.78 is 12.1. The molecule has 1 aliphatic heterocycles. The first kappa shape index (κ1) is 45.0. The first-order valence-corrected chi connectivity index (χ1v) is 20.4. The molecule has 0 saturated carbocycles. The number of carbonyl (C=O) groups excluding carboxylic acids is 4. The van der Waals surface area contributed by atoms with Gasteiger partial charge in [-0.25, -0.2) is 4.98 Å². The molecule has 0 aliphatic carbocycles. The van der Waals surface area contributed by atoms with Crippen molar-refractivity contribution in [2.75, 3.05) is 34.9 Å². The highest BCUT2D eigenvalue weighted by atomic mass is 32.1. The summed E-state index contributed by atoms with van der Waals surface area (Å²) in [5.41, 5.74) is 1.09. The molecule has 3 rings (SSSR count). The van der Waals surface area contributed by atoms with Gasteiger partial charge in [-0.05, 0) is 49.6 Å². The smallest absolute Gasteiger partial charge is 0.245 e. The number of thiazole rings is 1. The largest absolute Gasteiger partial charge is 0.379 e. The van der Waals surface area contributed by atoms with E-state index in [1.807, 2.05) is 75.2 Å². The van der Waals surface area contributed by atoms with E-state index in [-0.39, 0.29) is 59.9 Å². The molecule has 0 spiro atoms. The molecule has 9 atom stereocenters. The summed E-state index contributed by atoms with van der Waals surface area (Å²) in [4.78, 5) is 63.6. The minimum atomic E-state index is -0.752. The van der Waals surface area contributed by atoms with Gasteiger partial charge in [0.1, 0.15) is 11.0 Å². The molecule has 1 aromatic heterocycles. The fraction of sp³-hybridized carbons (Fsp3) is 0.683. The Morgan fingerprint density at radius 1 is 0.963 bits per heavy atom. The van der Waals surface area contributed by atoms with Crippen LogP contribution in [-0.4, -0.2) is 110 Å². The molecule has 1 unspecified atom stereocenters. The number of carbonyl (C=O) groups is 4. The Morgan fingerprint density at radius 3 is 2.17 bits per heavy atom. The molecule has 54 heavy (non-hydrogen) atoms. The minimum Gasteiger partial charge on any atom is -0.379 e. The lowest BCUT2D eigenvalue weighted by Gasteiger charge is -2.41. The van der Waals surface area contributed by atoms with Crippen molar-refractivity contribution in [1.82, 2.24) is 30.7 Å². The maximum absolute atomic E-state index is 14.3. The summed E-state index contributed by atoms with van der Waals surface area (Å²) in [5.74, 6) is -1.41. The van der Waals surface area contributed by atoms with Gasteiger partial charge in [0.15, 0.2) is 0 Å². The Labute approximate surface area is 327 Å². The van der Waals surface area contributed by atoms with Crippen LogP contribution in [0.1, 0.15) is 90.8 Å². The average molecular weight is 771 g/mol. The van der Waals surface area contributed by atoms with Crippen molar-refractivity contribution in [2.24, 2.45) is 23.7 Å². The molecule has 0 radical (unpaired) electrons. The molecular weight excluding hydrogens is 705 g/mol. The summed E-state index contributed by atoms with van der Waals surface area (Å²) in [5, 5.41) is 12.0. The number of amides is 4. The van der Waals surface area contributed by atoms with E-state index in [0.717, 1.165) is 23.4 Å². The zero-order valence-corrected chi connectivity index (χ0v) is 35.2. The first-order valence-electron chi connectivity index (χ1n) is 19.5. The lowest BCUT2D eigenvalue weighted by atomic mass is 9.89. The van der Waals surface area contributed by atoms with Crippen LogP contribution in [0.25, 0.3) is 0 Å². The maximum atomic E-state index is 14.3. The number of ether oxygens (including phenoxy) is 2. The molecule has 1 fully saturated rings. The predicted molar refractivity (Wildman–Crippen MR) is 214 cm³/mol. The van der Waals surface area contributed by atoms with Crippen molar-refractivity contribution < 1.29 is 28.7 Å². The third-order valence-electron chi connectivity index (χ3n) is 11.1. The second-order valence-corrected chi connectivity index (χ2v) is 16.4. The number of likely N-dealkylation sites (tertiary alicyclic amines) is 1. The molecule has 1 aliphatic rings. The van der Waals surface area contributed by atoms with Crippen LogP contribution in [0.5, 0.6) is 0 Å². The zero-order chi connectivity index (χ0) is 40.1. The highest BCUT2D eigenvalue weighted by Gasteiger charge is 2.43. The normalized spacial score (nSPS) is 19.1. The van der Waals surface area contributed by atoms with Crippen LogP contribution in [0.4, 0.5) is 0 Å². The van der Waals surface area contributed by atoms with Gasteiger partial charge >= 0.3 is 0 Å². The Kier molecular flexibility index (Phi) is 18.0. The van der Waals surface area contributed by atoms with Crippen molar-refractivity contribution in [3.05, 3.63) is 52.5 Å². The Morgan fingerprint density at radius 2 is 1.63 bits per heavy atom. The van der Waals surface area contributed by atoms with Gasteiger partial charge in [0.2, 0.25) is 23.6 Å². The molecule has 12 nitrogen and oxygen atoms in total. The van der Waals surface area contributed by atoms with E-state index >= 15 is 0 Å². The van der Waals surface area contributed by atoms with Crippen molar-refractivity contribution >= 4 is 35.0 Å². The minimum absolute atomic E-state index is 0.00702. The third kappa shape index (κ3) is 11.6. The molecule has 0 bridgehead atoms. The Bertz CT molecular complexity index is 1460. The quantitative estimate of drug-likeness (QED) is 0.164. The Balaban J connectivity index is 1.78. The number of nitrogens with zero attached hydrogens (tertiary/aromatic N) is 3. The van der Waals surface area contributed by atoms with E-state index in [1.54, 1.807) is 39.4 Å². The predicted octanol–water partition coefficient (Wildman–Crippen LogP) is 4.85. The van der Waals surface area contributed by atoms with Gasteiger partial charge in [-0.15, -0.1) is 11.3 Å². The SMILES string of the molecule is CC[C@H](C)[C@@H](C(CC(=O)N1CCC[C@H]1[C@H](OC)[C@@H](C)C(=O)N[C@@H](Cc1ccccc1)c1nccs1)OC)N(C)C(=O)[C@@H](NC(=O)[C@@H](NC)C(C)C)C(C)C. The molecule has 2 heterocycles. The maximum Gasteiger partial charge on any atom is 0.245 e. The number of aromatic nitrogens is 1. The standard InChI is InChI=1S/C41H66N6O6S/c1-12-27(6)36(46(9)41(51)35(26(4)5)45-39(50)34(42-8)25(2)3)32(52-10)24-33(48)47-21-16-19-31(47)37(53-11)28(7)38(49)44-30(40-43-20-22-54-40)23-29-17-14-13-15-18-29/h13-15,17-18,20,22,25-28,30-32,34-37,42H,12,16,19,21,23-24H2,1-11H3,(H,44,49)(H,45,50)/t27-,28+,30-,31-,32?,34-,35-,36-,37+/m0/s1. The van der Waals surface area contributed by atoms with Crippen molar-refractivity contribution in [3.63, 3.8) is 0 Å². The fourth-order valence-corrected chi connectivity index (χ4v) is 8.50. The van der Waals surface area contributed by atoms with Crippen molar-refractivity contribution in [1.29, 1.82) is 0 Å². The van der Waals surface area contributed by atoms with Crippen molar-refractivity contribution in [3.8, 4) is 0 Å². The van der Waals surface area contributed by atoms with Gasteiger partial charge in [-0.3, -0.25) is 19.2 Å². The molecule has 1 saturated heterocycles. The summed E-state index contributed by atoms with van der Waals surface area (Å²) >= 11 is 1.51. The average Bonchev–Trinajstić information content (AvgIpc) is 3.87. The van der Waals surface area contributed by atoms with Crippen LogP contribution in [-0.2, 0) is 35.1 Å². The van der Waals surface area contributed by atoms with Gasteiger partial charge < -0.3 is 35.2 Å². The molecule has 13 heteroatoms. The van der Waals surface area contributed by atoms with E-state index in [2.05, 4.69) is 34.8 Å². The van der Waals surface area contributed by atoms with E-state index in [4.69, 9.17) is 9.47 Å². The van der Waals surface area contributed by atoms with Crippen LogP contribution in [0.3, 0.4) is 0 Å². The van der Waals surface area contributed by atoms with Crippen LogP contribution in [0.15, 0.2) is 41.9 Å². The lowest BCUT2D eigenvalue weighted by molar-refractivity contribution is -0.147. The summed E-state index contributed by atoms with van der Waals surface area (Å²) in [6.45, 7) is 14.3. The highest BCUT2D eigenvalue weighted by Crippen LogP contribution is 2.30. The molecule has 1 aromatic carbocycles. The summed E-state index contributed by atoms with van der Waals surface area (Å²) in [7, 11) is 6.65. The monoisotopic (exact) mass is 770 g/mol. The topological polar surface area (TPSA) is 142 Å². The molecule has 302 valence electrons. The highest BCUT2D eigenvalue weighted by molar-refractivity contribution is 7.09. The summed E-state index contributed by atoms with van der Waals surface area (Å²) in [6, 6.07) is 7.77. The fourth-order valence-electron chi connectivity index (χ4n) is 7.81. The van der Waals surface area contributed by atoms with Gasteiger partial charge in [0, 0.05) is 39.4 Å². The van der Waals surface area contributed by atoms with Crippen LogP contribution in [0, 0.1) is 23.7 Å². The van der Waals surface area contributed by atoms with Gasteiger partial charge in [0.25, 0.3) is 0 Å². The second kappa shape index (κ2) is 21.6. The van der Waals surface area contributed by atoms with Gasteiger partial charge in [-0.2, -0.15) is 0 Å². The van der Waals surface area contributed by atoms with E-state index in [0.29, 0.717) is 19.4 Å². The molecule has 3 N–H and O–H groups in total. The second-order valence-electron chi connectivity index (χ2n) is 15.5. The zero-order valence-electron chi connectivity index (χ0n) is 34.3. The number of hydrogen-bond acceptors (Lipinski definition) is 9. The number of benzene rings is 1. The molecule has 4 amide bonds. The van der Waals surface area contributed by atoms with Crippen molar-refractivity contribution in [2.45, 2.75) is 123 Å². The summed E-state index contributed by atoms with van der Waals surface area (Å²) in [6.07, 6.45) is 3.48. The van der Waals surface area contributed by atoms with Crippen LogP contribution >= 0.6 is 11.3 Å². The number of rotatable bonds is 21. The first-order chi connectivity index (χ1) is 25.7. The van der Waals surface area contributed by atoms with E-state index in [1.165, 1.54) is 11.3 Å². The Hall–Kier alpha value is -3.39. The number of nitrogens with one attached hydrogen (secondary N) is 3. The lowest BCUT2D eigenvalue weighted by Crippen LogP contribution is -2.59. The number of methoxy groups -OCH3 is 2. The van der Waals surface area contributed by atoms with Crippen LogP contribution in [0.2, 0.25) is 0 Å². The van der Waals surface area contributed by atoms with Crippen LogP contribution < -0.4 is 16.0 Å². The number of hydrogen-bond donors (Lipinski definition) is 3. The van der Waals surface area contributed by atoms with E-state index < -0.39 is 36.3 Å². The number of likely N-dealkylation sites (N-methyl/N-ethyl adjacent to an activating group) is 2. The van der Waals surface area contributed by atoms with Gasteiger partial charge in [0.05, 0.1) is 48.7 Å². The third-order valence-corrected chi connectivity index (χ3v) is 12.0. The van der Waals surface area contributed by atoms with E-state index in [9.17, 15) is 19.2 Å². The molecule has 2 aromatic rings. The van der Waals surface area contributed by atoms with Gasteiger partial charge in [-0.1, -0.05) is 85.2 Å².